The lowest BCUT2D eigenvalue weighted by Gasteiger charge is -2.22. The monoisotopic (exact) mass is 532 g/mol. The van der Waals surface area contributed by atoms with Crippen molar-refractivity contribution in [2.45, 2.75) is 50.5 Å². The van der Waals surface area contributed by atoms with Crippen molar-refractivity contribution in [2.24, 2.45) is 5.92 Å². The average Bonchev–Trinajstić information content (AvgIpc) is 3.56. The Morgan fingerprint density at radius 1 is 1.00 bits per heavy atom. The van der Waals surface area contributed by atoms with Gasteiger partial charge in [-0.3, -0.25) is 4.79 Å². The Kier molecular flexibility index (Phi) is 7.42. The molecule has 0 bridgehead atoms. The normalized spacial score (nSPS) is 20.2. The highest BCUT2D eigenvalue weighted by molar-refractivity contribution is 5.71. The van der Waals surface area contributed by atoms with E-state index in [-0.39, 0.29) is 24.1 Å². The van der Waals surface area contributed by atoms with Gasteiger partial charge < -0.3 is 23.7 Å². The minimum absolute atomic E-state index is 0.0400. The third-order valence-electron chi connectivity index (χ3n) is 8.04. The molecule has 204 valence electrons. The predicted octanol–water partition coefficient (Wildman–Crippen LogP) is 6.69. The van der Waals surface area contributed by atoms with E-state index in [2.05, 4.69) is 12.1 Å². The molecule has 3 aromatic rings. The first kappa shape index (κ1) is 25.7. The zero-order valence-electron chi connectivity index (χ0n) is 22.1. The maximum Gasteiger partial charge on any atom is 0.306 e. The second-order valence-electron chi connectivity index (χ2n) is 10.6. The van der Waals surface area contributed by atoms with Crippen molar-refractivity contribution >= 4 is 5.97 Å². The molecule has 0 amide bonds. The lowest BCUT2D eigenvalue weighted by molar-refractivity contribution is -0.141. The summed E-state index contributed by atoms with van der Waals surface area (Å²) in [6.07, 6.45) is 4.43. The van der Waals surface area contributed by atoms with Crippen molar-refractivity contribution in [2.75, 3.05) is 26.9 Å². The van der Waals surface area contributed by atoms with Crippen LogP contribution in [-0.4, -0.2) is 32.9 Å². The Morgan fingerprint density at radius 3 is 2.59 bits per heavy atom. The van der Waals surface area contributed by atoms with Gasteiger partial charge in [0.1, 0.15) is 34.9 Å². The quantitative estimate of drug-likeness (QED) is 0.301. The highest BCUT2D eigenvalue weighted by Gasteiger charge is 2.32. The molecule has 0 radical (unpaired) electrons. The molecule has 3 aromatic carbocycles. The fraction of sp³-hybridized carbons (Fsp3) is 0.406. The second-order valence-corrected chi connectivity index (χ2v) is 10.6. The summed E-state index contributed by atoms with van der Waals surface area (Å²) in [7, 11) is 1.38. The summed E-state index contributed by atoms with van der Waals surface area (Å²) in [6, 6.07) is 17.0. The molecule has 1 saturated heterocycles. The van der Waals surface area contributed by atoms with Crippen LogP contribution in [0.15, 0.2) is 54.6 Å². The number of fused-ring (bicyclic) bond motifs is 2. The molecule has 0 aromatic heterocycles. The number of carbonyl (C=O) groups is 1. The van der Waals surface area contributed by atoms with Crippen LogP contribution < -0.4 is 14.2 Å². The minimum Gasteiger partial charge on any atom is -0.492 e. The molecular formula is C32H33FO6. The fourth-order valence-corrected chi connectivity index (χ4v) is 5.91. The molecule has 1 aliphatic carbocycles. The van der Waals surface area contributed by atoms with E-state index in [1.54, 1.807) is 6.07 Å². The summed E-state index contributed by atoms with van der Waals surface area (Å²) in [5, 5.41) is 0. The number of hydrogen-bond acceptors (Lipinski definition) is 6. The molecule has 39 heavy (non-hydrogen) atoms. The number of rotatable bonds is 8. The van der Waals surface area contributed by atoms with Crippen molar-refractivity contribution in [3.8, 4) is 23.0 Å². The number of benzene rings is 3. The molecule has 2 aliphatic heterocycles. The van der Waals surface area contributed by atoms with E-state index in [1.165, 1.54) is 18.7 Å². The summed E-state index contributed by atoms with van der Waals surface area (Å²) >= 11 is 0. The molecule has 1 unspecified atom stereocenters. The predicted molar refractivity (Wildman–Crippen MR) is 143 cm³/mol. The standard InChI is InChI=1S/C32H33FO6/c1-35-31(34)17-22-19-37-30-18-24(6-7-25(22)30)39-29-10-8-26-28(11-9-27(33)32(26)29)38-23-4-2-20(3-5-23)16-21-12-14-36-15-13-21/h2-7,9,11,18,21-22,29H,8,10,12-17,19H2,1H3/t22?,29-/m1/s1. The van der Waals surface area contributed by atoms with Crippen LogP contribution in [0.1, 0.15) is 60.0 Å². The van der Waals surface area contributed by atoms with Gasteiger partial charge in [0, 0.05) is 41.9 Å². The Bertz CT molecular complexity index is 1330. The van der Waals surface area contributed by atoms with Gasteiger partial charge in [0.2, 0.25) is 0 Å². The van der Waals surface area contributed by atoms with Crippen LogP contribution in [0.4, 0.5) is 4.39 Å². The van der Waals surface area contributed by atoms with E-state index < -0.39 is 6.10 Å². The van der Waals surface area contributed by atoms with Crippen LogP contribution in [0.5, 0.6) is 23.0 Å². The van der Waals surface area contributed by atoms with E-state index in [0.29, 0.717) is 48.2 Å². The zero-order valence-corrected chi connectivity index (χ0v) is 22.1. The van der Waals surface area contributed by atoms with Crippen molar-refractivity contribution in [1.82, 2.24) is 0 Å². The number of esters is 1. The molecular weight excluding hydrogens is 499 g/mol. The topological polar surface area (TPSA) is 63.2 Å². The molecule has 7 heteroatoms. The maximum atomic E-state index is 15.1. The molecule has 6 rings (SSSR count). The molecule has 2 heterocycles. The van der Waals surface area contributed by atoms with Crippen LogP contribution in [-0.2, 0) is 27.1 Å². The molecule has 1 fully saturated rings. The zero-order chi connectivity index (χ0) is 26.8. The Hall–Kier alpha value is -3.58. The molecule has 0 saturated carbocycles. The van der Waals surface area contributed by atoms with Crippen LogP contribution in [0.2, 0.25) is 0 Å². The minimum atomic E-state index is -0.421. The first-order valence-electron chi connectivity index (χ1n) is 13.7. The van der Waals surface area contributed by atoms with Gasteiger partial charge in [0.15, 0.2) is 0 Å². The average molecular weight is 533 g/mol. The van der Waals surface area contributed by atoms with E-state index in [0.717, 1.165) is 49.4 Å². The van der Waals surface area contributed by atoms with Crippen molar-refractivity contribution < 1.29 is 32.9 Å². The van der Waals surface area contributed by atoms with E-state index in [4.69, 9.17) is 23.7 Å². The third-order valence-corrected chi connectivity index (χ3v) is 8.04. The highest BCUT2D eigenvalue weighted by Crippen LogP contribution is 2.44. The number of hydrogen-bond donors (Lipinski definition) is 0. The van der Waals surface area contributed by atoms with Crippen molar-refractivity contribution in [3.63, 3.8) is 0 Å². The third kappa shape index (κ3) is 5.59. The SMILES string of the molecule is COC(=O)CC1COc2cc(O[C@@H]3CCc4c(Oc5ccc(CC6CCOCC6)cc5)ccc(F)c43)ccc21. The Labute approximate surface area is 228 Å². The molecule has 3 aliphatic rings. The van der Waals surface area contributed by atoms with Gasteiger partial charge in [0.25, 0.3) is 0 Å². The van der Waals surface area contributed by atoms with Crippen LogP contribution in [0.25, 0.3) is 0 Å². The molecule has 6 nitrogen and oxygen atoms in total. The summed E-state index contributed by atoms with van der Waals surface area (Å²) in [4.78, 5) is 11.7. The number of carbonyl (C=O) groups excluding carboxylic acids is 1. The highest BCUT2D eigenvalue weighted by atomic mass is 19.1. The largest absolute Gasteiger partial charge is 0.492 e. The van der Waals surface area contributed by atoms with Crippen molar-refractivity contribution in [3.05, 3.63) is 82.7 Å². The van der Waals surface area contributed by atoms with Crippen molar-refractivity contribution in [1.29, 1.82) is 0 Å². The number of ether oxygens (including phenoxy) is 5. The van der Waals surface area contributed by atoms with Crippen LogP contribution in [0, 0.1) is 11.7 Å². The maximum absolute atomic E-state index is 15.1. The van der Waals surface area contributed by atoms with Crippen LogP contribution >= 0.6 is 0 Å². The van der Waals surface area contributed by atoms with Gasteiger partial charge in [0.05, 0.1) is 20.1 Å². The first-order chi connectivity index (χ1) is 19.1. The molecule has 0 spiro atoms. The van der Waals surface area contributed by atoms with Gasteiger partial charge >= 0.3 is 5.97 Å². The van der Waals surface area contributed by atoms with Gasteiger partial charge in [-0.2, -0.15) is 0 Å². The number of halogens is 1. The van der Waals surface area contributed by atoms with E-state index in [1.807, 2.05) is 30.3 Å². The Morgan fingerprint density at radius 2 is 1.79 bits per heavy atom. The smallest absolute Gasteiger partial charge is 0.306 e. The molecule has 2 atom stereocenters. The second kappa shape index (κ2) is 11.3. The number of methoxy groups -OCH3 is 1. The van der Waals surface area contributed by atoms with Crippen LogP contribution in [0.3, 0.4) is 0 Å². The van der Waals surface area contributed by atoms with Gasteiger partial charge in [-0.15, -0.1) is 0 Å². The van der Waals surface area contributed by atoms with E-state index in [9.17, 15) is 4.79 Å². The summed E-state index contributed by atoms with van der Waals surface area (Å²) in [5.74, 6) is 2.77. The Balaban J connectivity index is 1.14. The van der Waals surface area contributed by atoms with Gasteiger partial charge in [-0.05, 0) is 73.9 Å². The molecule has 0 N–H and O–H groups in total. The lowest BCUT2D eigenvalue weighted by atomic mass is 9.92. The lowest BCUT2D eigenvalue weighted by Crippen LogP contribution is -2.17. The summed E-state index contributed by atoms with van der Waals surface area (Å²) in [6.45, 7) is 2.13. The van der Waals surface area contributed by atoms with E-state index >= 15 is 4.39 Å². The fourth-order valence-electron chi connectivity index (χ4n) is 5.91. The summed E-state index contributed by atoms with van der Waals surface area (Å²) < 4.78 is 43.6. The van der Waals surface area contributed by atoms with Gasteiger partial charge in [-0.1, -0.05) is 18.2 Å². The summed E-state index contributed by atoms with van der Waals surface area (Å²) in [5.41, 5.74) is 3.65. The van der Waals surface area contributed by atoms with Gasteiger partial charge in [-0.25, -0.2) is 4.39 Å². The first-order valence-corrected chi connectivity index (χ1v) is 13.7.